The molecule has 146 valence electrons. The molecule has 0 saturated heterocycles. The van der Waals surface area contributed by atoms with Crippen LogP contribution in [0, 0.1) is 18.6 Å². The normalized spacial score (nSPS) is 11.5. The van der Waals surface area contributed by atoms with Crippen LogP contribution in [0.1, 0.15) is 16.1 Å². The zero-order chi connectivity index (χ0) is 20.6. The molecule has 1 N–H and O–H groups in total. The van der Waals surface area contributed by atoms with Crippen LogP contribution in [0.5, 0.6) is 0 Å². The van der Waals surface area contributed by atoms with Gasteiger partial charge in [-0.3, -0.25) is 4.79 Å². The Morgan fingerprint density at radius 3 is 2.46 bits per heavy atom. The van der Waals surface area contributed by atoms with Crippen LogP contribution >= 0.6 is 15.9 Å². The van der Waals surface area contributed by atoms with Crippen molar-refractivity contribution in [3.8, 4) is 11.4 Å². The van der Waals surface area contributed by atoms with E-state index in [1.165, 1.54) is 29.9 Å². The summed E-state index contributed by atoms with van der Waals surface area (Å²) in [5.41, 5.74) is -0.259. The third-order valence-electron chi connectivity index (χ3n) is 3.96. The minimum atomic E-state index is -4.17. The highest BCUT2D eigenvalue weighted by Crippen LogP contribution is 2.25. The van der Waals surface area contributed by atoms with Gasteiger partial charge in [-0.25, -0.2) is 26.9 Å². The van der Waals surface area contributed by atoms with Gasteiger partial charge in [-0.05, 0) is 36.8 Å². The van der Waals surface area contributed by atoms with Crippen LogP contribution in [0.4, 0.5) is 8.78 Å². The molecule has 0 radical (unpaired) electrons. The number of hydrogen-bond donors (Lipinski definition) is 1. The number of nitrogens with one attached hydrogen (secondary N) is 1. The minimum absolute atomic E-state index is 0.0773. The summed E-state index contributed by atoms with van der Waals surface area (Å²) < 4.78 is 56.8. The molecule has 0 bridgehead atoms. The van der Waals surface area contributed by atoms with E-state index in [4.69, 9.17) is 0 Å². The fourth-order valence-corrected chi connectivity index (χ4v) is 4.36. The van der Waals surface area contributed by atoms with Gasteiger partial charge in [0.25, 0.3) is 15.9 Å². The summed E-state index contributed by atoms with van der Waals surface area (Å²) in [7, 11) is -2.73. The van der Waals surface area contributed by atoms with Gasteiger partial charge in [-0.1, -0.05) is 28.1 Å². The molecule has 10 heteroatoms. The average Bonchev–Trinajstić information content (AvgIpc) is 2.98. The largest absolute Gasteiger partial charge is 0.333 e. The molecule has 0 spiro atoms. The molecule has 1 amide bonds. The van der Waals surface area contributed by atoms with Gasteiger partial charge < -0.3 is 4.57 Å². The Hall–Kier alpha value is -2.59. The van der Waals surface area contributed by atoms with E-state index in [-0.39, 0.29) is 16.4 Å². The molecule has 3 aromatic rings. The first-order valence-corrected chi connectivity index (χ1v) is 10.2. The zero-order valence-electron chi connectivity index (χ0n) is 14.7. The van der Waals surface area contributed by atoms with Gasteiger partial charge in [0, 0.05) is 17.7 Å². The SMILES string of the molecule is Cc1ccc(Br)cc1S(=O)(=O)NC(=O)c1cn(C)c(-c2c(F)cccc2F)n1. The molecular weight excluding hydrogens is 456 g/mol. The number of hydrogen-bond acceptors (Lipinski definition) is 4. The Kier molecular flexibility index (Phi) is 5.35. The van der Waals surface area contributed by atoms with E-state index >= 15 is 0 Å². The Labute approximate surface area is 168 Å². The lowest BCUT2D eigenvalue weighted by Gasteiger charge is -2.08. The maximum absolute atomic E-state index is 14.0. The highest BCUT2D eigenvalue weighted by Gasteiger charge is 2.24. The van der Waals surface area contributed by atoms with Crippen LogP contribution in [-0.4, -0.2) is 23.9 Å². The summed E-state index contributed by atoms with van der Waals surface area (Å²) in [5, 5.41) is 0. The van der Waals surface area contributed by atoms with Crippen molar-refractivity contribution < 1.29 is 22.0 Å². The highest BCUT2D eigenvalue weighted by molar-refractivity contribution is 9.10. The third kappa shape index (κ3) is 3.83. The lowest BCUT2D eigenvalue weighted by molar-refractivity contribution is 0.0977. The van der Waals surface area contributed by atoms with Gasteiger partial charge in [0.15, 0.2) is 0 Å². The molecule has 0 atom stereocenters. The van der Waals surface area contributed by atoms with Gasteiger partial charge in [-0.2, -0.15) is 0 Å². The Morgan fingerprint density at radius 2 is 1.82 bits per heavy atom. The van der Waals surface area contributed by atoms with Crippen molar-refractivity contribution in [2.24, 2.45) is 7.05 Å². The van der Waals surface area contributed by atoms with E-state index in [0.29, 0.717) is 10.0 Å². The van der Waals surface area contributed by atoms with Crippen molar-refractivity contribution in [3.63, 3.8) is 0 Å². The van der Waals surface area contributed by atoms with Crippen molar-refractivity contribution in [3.05, 3.63) is 70.0 Å². The molecular formula is C18H14BrF2N3O3S. The van der Waals surface area contributed by atoms with E-state index in [0.717, 1.165) is 12.1 Å². The number of rotatable bonds is 4. The van der Waals surface area contributed by atoms with Crippen LogP contribution in [0.25, 0.3) is 11.4 Å². The van der Waals surface area contributed by atoms with E-state index in [1.807, 2.05) is 4.72 Å². The van der Waals surface area contributed by atoms with Crippen molar-refractivity contribution in [1.82, 2.24) is 14.3 Å². The summed E-state index contributed by atoms with van der Waals surface area (Å²) in [5.74, 6) is -2.86. The number of benzene rings is 2. The minimum Gasteiger partial charge on any atom is -0.333 e. The molecule has 0 fully saturated rings. The number of aromatic nitrogens is 2. The fourth-order valence-electron chi connectivity index (χ4n) is 2.61. The predicted octanol–water partition coefficient (Wildman–Crippen LogP) is 3.55. The lowest BCUT2D eigenvalue weighted by atomic mass is 10.2. The maximum atomic E-state index is 14.0. The van der Waals surface area contributed by atoms with Gasteiger partial charge in [-0.15, -0.1) is 0 Å². The number of aryl methyl sites for hydroxylation is 2. The molecule has 28 heavy (non-hydrogen) atoms. The zero-order valence-corrected chi connectivity index (χ0v) is 17.1. The second-order valence-electron chi connectivity index (χ2n) is 6.00. The number of sulfonamides is 1. The Balaban J connectivity index is 1.95. The maximum Gasteiger partial charge on any atom is 0.285 e. The molecule has 0 aliphatic rings. The lowest BCUT2D eigenvalue weighted by Crippen LogP contribution is -2.31. The molecule has 2 aromatic carbocycles. The summed E-state index contributed by atoms with van der Waals surface area (Å²) in [6.07, 6.45) is 1.19. The number of amides is 1. The Bertz CT molecular complexity index is 1170. The van der Waals surface area contributed by atoms with Crippen LogP contribution < -0.4 is 4.72 Å². The number of halogens is 3. The van der Waals surface area contributed by atoms with E-state index < -0.39 is 33.1 Å². The first kappa shape index (κ1) is 20.2. The topological polar surface area (TPSA) is 81.1 Å². The Morgan fingerprint density at radius 1 is 1.18 bits per heavy atom. The van der Waals surface area contributed by atoms with Crippen molar-refractivity contribution in [2.75, 3.05) is 0 Å². The predicted molar refractivity (Wildman–Crippen MR) is 102 cm³/mol. The second-order valence-corrected chi connectivity index (χ2v) is 8.57. The average molecular weight is 470 g/mol. The van der Waals surface area contributed by atoms with Crippen LogP contribution in [0.3, 0.4) is 0 Å². The summed E-state index contributed by atoms with van der Waals surface area (Å²) in [4.78, 5) is 16.3. The van der Waals surface area contributed by atoms with E-state index in [9.17, 15) is 22.0 Å². The van der Waals surface area contributed by atoms with Gasteiger partial charge in [0.1, 0.15) is 23.2 Å². The number of carbonyl (C=O) groups excluding carboxylic acids is 1. The summed E-state index contributed by atoms with van der Waals surface area (Å²) in [6.45, 7) is 1.59. The molecule has 0 aliphatic carbocycles. The number of carbonyl (C=O) groups is 1. The van der Waals surface area contributed by atoms with Crippen LogP contribution in [-0.2, 0) is 17.1 Å². The van der Waals surface area contributed by atoms with Crippen LogP contribution in [0.2, 0.25) is 0 Å². The van der Waals surface area contributed by atoms with E-state index in [2.05, 4.69) is 20.9 Å². The summed E-state index contributed by atoms with van der Waals surface area (Å²) >= 11 is 3.19. The number of nitrogens with zero attached hydrogens (tertiary/aromatic N) is 2. The highest BCUT2D eigenvalue weighted by atomic mass is 79.9. The fraction of sp³-hybridized carbons (Fsp3) is 0.111. The molecule has 1 heterocycles. The van der Waals surface area contributed by atoms with Crippen molar-refractivity contribution in [1.29, 1.82) is 0 Å². The molecule has 6 nitrogen and oxygen atoms in total. The standard InChI is InChI=1S/C18H14BrF2N3O3S/c1-10-6-7-11(19)8-15(10)28(26,27)23-18(25)14-9-24(2)17(22-14)16-12(20)4-3-5-13(16)21/h3-9H,1-2H3,(H,23,25). The molecule has 0 unspecified atom stereocenters. The quantitative estimate of drug-likeness (QED) is 0.633. The monoisotopic (exact) mass is 469 g/mol. The molecule has 3 rings (SSSR count). The van der Waals surface area contributed by atoms with Gasteiger partial charge >= 0.3 is 0 Å². The van der Waals surface area contributed by atoms with Gasteiger partial charge in [0.2, 0.25) is 0 Å². The smallest absolute Gasteiger partial charge is 0.285 e. The van der Waals surface area contributed by atoms with Gasteiger partial charge in [0.05, 0.1) is 10.5 Å². The van der Waals surface area contributed by atoms with Crippen molar-refractivity contribution in [2.45, 2.75) is 11.8 Å². The second kappa shape index (κ2) is 7.44. The molecule has 1 aromatic heterocycles. The third-order valence-corrected chi connectivity index (χ3v) is 5.93. The van der Waals surface area contributed by atoms with Crippen LogP contribution in [0.15, 0.2) is 52.0 Å². The molecule has 0 saturated carbocycles. The van der Waals surface area contributed by atoms with Crippen molar-refractivity contribution >= 4 is 31.9 Å². The number of imidazole rings is 1. The van der Waals surface area contributed by atoms with E-state index in [1.54, 1.807) is 19.1 Å². The molecule has 0 aliphatic heterocycles. The first-order valence-electron chi connectivity index (χ1n) is 7.91. The summed E-state index contributed by atoms with van der Waals surface area (Å²) in [6, 6.07) is 7.95. The first-order chi connectivity index (χ1) is 13.1.